The van der Waals surface area contributed by atoms with E-state index < -0.39 is 11.9 Å². The lowest BCUT2D eigenvalue weighted by Gasteiger charge is -2.02. The molecule has 1 aromatic carbocycles. The van der Waals surface area contributed by atoms with E-state index in [1.54, 1.807) is 48.5 Å². The summed E-state index contributed by atoms with van der Waals surface area (Å²) < 4.78 is 22.8. The zero-order chi connectivity index (χ0) is 22.2. The molecule has 0 amide bonds. The average Bonchev–Trinajstić information content (AvgIpc) is 3.54. The lowest BCUT2D eigenvalue weighted by atomic mass is 10.1. The van der Waals surface area contributed by atoms with Crippen molar-refractivity contribution in [3.63, 3.8) is 0 Å². The molecule has 2 aromatic heterocycles. The molecule has 10 heteroatoms. The Morgan fingerprint density at radius 2 is 1.03 bits per heavy atom. The number of carbonyl (C=O) groups is 2. The van der Waals surface area contributed by atoms with Crippen LogP contribution in [0.5, 0.6) is 0 Å². The Morgan fingerprint density at radius 1 is 0.625 bits per heavy atom. The summed E-state index contributed by atoms with van der Waals surface area (Å²) in [7, 11) is 0. The summed E-state index contributed by atoms with van der Waals surface area (Å²) in [6, 6.07) is 13.9. The Morgan fingerprint density at radius 3 is 1.38 bits per heavy atom. The molecule has 0 bridgehead atoms. The van der Waals surface area contributed by atoms with Gasteiger partial charge in [0.15, 0.2) is 18.9 Å². The molecule has 5 rings (SSSR count). The first-order chi connectivity index (χ1) is 15.4. The topological polar surface area (TPSA) is 104 Å². The van der Waals surface area contributed by atoms with E-state index in [0.29, 0.717) is 30.2 Å². The Balaban J connectivity index is 1.36. The molecule has 0 spiro atoms. The molecule has 0 atom stereocenters. The summed E-state index contributed by atoms with van der Waals surface area (Å²) in [5.41, 5.74) is 1.47. The number of furan rings is 2. The summed E-state index contributed by atoms with van der Waals surface area (Å²) in [5, 5.41) is 0. The Hall–Kier alpha value is -3.00. The zero-order valence-electron chi connectivity index (χ0n) is 15.9. The van der Waals surface area contributed by atoms with Gasteiger partial charge in [-0.25, -0.2) is 19.6 Å². The number of benzene rings is 1. The van der Waals surface area contributed by atoms with Crippen molar-refractivity contribution in [3.8, 4) is 0 Å². The van der Waals surface area contributed by atoms with Crippen LogP contribution in [-0.4, -0.2) is 23.7 Å². The molecule has 3 aromatic rings. The molecular weight excluding hydrogens is 642 g/mol. The number of esters is 2. The van der Waals surface area contributed by atoms with Gasteiger partial charge in [0.25, 0.3) is 0 Å². The summed E-state index contributed by atoms with van der Waals surface area (Å²) in [6.45, 7) is 0. The number of hydrogen-bond donors (Lipinski definition) is 0. The minimum Gasteiger partial charge on any atom is -0.451 e. The lowest BCUT2D eigenvalue weighted by Crippen LogP contribution is -2.07. The van der Waals surface area contributed by atoms with Crippen molar-refractivity contribution < 1.29 is 27.9 Å². The molecule has 0 aliphatic carbocycles. The Bertz CT molecular complexity index is 1270. The van der Waals surface area contributed by atoms with E-state index in [0.717, 1.165) is 0 Å². The first kappa shape index (κ1) is 20.9. The van der Waals surface area contributed by atoms with Crippen LogP contribution in [0.25, 0.3) is 12.2 Å². The van der Waals surface area contributed by atoms with Gasteiger partial charge in [-0.2, -0.15) is 0 Å². The predicted molar refractivity (Wildman–Crippen MR) is 131 cm³/mol. The van der Waals surface area contributed by atoms with E-state index >= 15 is 0 Å². The molecule has 2 aliphatic heterocycles. The highest BCUT2D eigenvalue weighted by Crippen LogP contribution is 2.23. The second kappa shape index (κ2) is 8.50. The third kappa shape index (κ3) is 4.32. The van der Waals surface area contributed by atoms with Crippen LogP contribution >= 0.6 is 45.2 Å². The summed E-state index contributed by atoms with van der Waals surface area (Å²) in [5.74, 6) is 0.241. The van der Waals surface area contributed by atoms with E-state index in [-0.39, 0.29) is 23.2 Å². The third-order valence-corrected chi connectivity index (χ3v) is 5.53. The van der Waals surface area contributed by atoms with Crippen LogP contribution in [0.1, 0.15) is 22.6 Å². The van der Waals surface area contributed by atoms with Crippen LogP contribution < -0.4 is 0 Å². The van der Waals surface area contributed by atoms with Crippen molar-refractivity contribution >= 4 is 81.1 Å². The van der Waals surface area contributed by atoms with Gasteiger partial charge >= 0.3 is 11.9 Å². The maximum absolute atomic E-state index is 12.1. The molecule has 8 nitrogen and oxygen atoms in total. The van der Waals surface area contributed by atoms with E-state index in [2.05, 4.69) is 9.98 Å². The van der Waals surface area contributed by atoms with Crippen LogP contribution in [0.15, 0.2) is 78.7 Å². The molecule has 0 radical (unpaired) electrons. The van der Waals surface area contributed by atoms with Crippen molar-refractivity contribution in [2.24, 2.45) is 9.98 Å². The van der Waals surface area contributed by atoms with E-state index in [9.17, 15) is 9.59 Å². The molecule has 158 valence electrons. The first-order valence-corrected chi connectivity index (χ1v) is 11.3. The van der Waals surface area contributed by atoms with Gasteiger partial charge in [0.05, 0.1) is 0 Å². The van der Waals surface area contributed by atoms with Gasteiger partial charge < -0.3 is 18.3 Å². The van der Waals surface area contributed by atoms with Crippen molar-refractivity contribution in [2.75, 3.05) is 0 Å². The highest BCUT2D eigenvalue weighted by atomic mass is 127. The van der Waals surface area contributed by atoms with E-state index in [4.69, 9.17) is 18.3 Å². The summed E-state index contributed by atoms with van der Waals surface area (Å²) in [6.07, 6.45) is 3.04. The monoisotopic (exact) mass is 652 g/mol. The highest BCUT2D eigenvalue weighted by molar-refractivity contribution is 14.1. The van der Waals surface area contributed by atoms with Crippen molar-refractivity contribution in [1.82, 2.24) is 0 Å². The molecule has 0 saturated carbocycles. The molecule has 0 saturated heterocycles. The normalized spacial score (nSPS) is 18.2. The standard InChI is InChI=1S/C22H10I2N2O6/c23-17-7-5-13(29-17)9-15-21(27)31-19(25-15)11-1-2-12(4-3-11)20-26-16(22(28)32-20)10-14-6-8-18(24)30-14/h1-10H/b15-9-,16-10-. The Labute approximate surface area is 208 Å². The fourth-order valence-corrected chi connectivity index (χ4v) is 3.77. The van der Waals surface area contributed by atoms with Crippen LogP contribution in [0.2, 0.25) is 0 Å². The van der Waals surface area contributed by atoms with Gasteiger partial charge in [-0.15, -0.1) is 0 Å². The second-order valence-electron chi connectivity index (χ2n) is 6.53. The van der Waals surface area contributed by atoms with Crippen molar-refractivity contribution in [2.45, 2.75) is 0 Å². The van der Waals surface area contributed by atoms with Crippen LogP contribution in [-0.2, 0) is 19.1 Å². The van der Waals surface area contributed by atoms with Crippen LogP contribution in [0.4, 0.5) is 0 Å². The number of ether oxygens (including phenoxy) is 2. The van der Waals surface area contributed by atoms with Gasteiger partial charge in [0, 0.05) is 23.3 Å². The summed E-state index contributed by atoms with van der Waals surface area (Å²) >= 11 is 4.07. The average molecular weight is 652 g/mol. The number of cyclic esters (lactones) is 2. The molecule has 2 aliphatic rings. The molecule has 0 unspecified atom stereocenters. The fourth-order valence-electron chi connectivity index (χ4n) is 2.90. The number of rotatable bonds is 4. The Kier molecular flexibility index (Phi) is 5.55. The number of hydrogen-bond acceptors (Lipinski definition) is 8. The molecule has 0 N–H and O–H groups in total. The van der Waals surface area contributed by atoms with Gasteiger partial charge in [-0.3, -0.25) is 0 Å². The van der Waals surface area contributed by atoms with E-state index in [1.807, 2.05) is 45.2 Å². The number of aliphatic imine (C=N–C) groups is 2. The number of carbonyl (C=O) groups excluding carboxylic acids is 2. The minimum absolute atomic E-state index is 0.145. The third-order valence-electron chi connectivity index (χ3n) is 4.37. The van der Waals surface area contributed by atoms with Crippen molar-refractivity contribution in [1.29, 1.82) is 0 Å². The maximum Gasteiger partial charge on any atom is 0.363 e. The van der Waals surface area contributed by atoms with Gasteiger partial charge in [-0.1, -0.05) is 0 Å². The minimum atomic E-state index is -0.563. The smallest absolute Gasteiger partial charge is 0.363 e. The largest absolute Gasteiger partial charge is 0.451 e. The van der Waals surface area contributed by atoms with Crippen LogP contribution in [0.3, 0.4) is 0 Å². The van der Waals surface area contributed by atoms with E-state index in [1.165, 1.54) is 12.2 Å². The molecular formula is C22H10I2N2O6. The summed E-state index contributed by atoms with van der Waals surface area (Å²) in [4.78, 5) is 32.8. The van der Waals surface area contributed by atoms with Gasteiger partial charge in [0.2, 0.25) is 11.8 Å². The highest BCUT2D eigenvalue weighted by Gasteiger charge is 2.27. The fraction of sp³-hybridized carbons (Fsp3) is 0. The van der Waals surface area contributed by atoms with Crippen LogP contribution in [0, 0.1) is 7.53 Å². The molecule has 32 heavy (non-hydrogen) atoms. The van der Waals surface area contributed by atoms with Crippen molar-refractivity contribution in [3.05, 3.63) is 90.1 Å². The van der Waals surface area contributed by atoms with Gasteiger partial charge in [-0.05, 0) is 93.7 Å². The predicted octanol–water partition coefficient (Wildman–Crippen LogP) is 4.77. The SMILES string of the molecule is O=C1OC(c2ccc(C3=N/C(=C\c4ccc(I)o4)C(=O)O3)cc2)=N/C1=C\c1ccc(I)o1. The molecule has 0 fully saturated rings. The first-order valence-electron chi connectivity index (χ1n) is 9.11. The maximum atomic E-state index is 12.1. The lowest BCUT2D eigenvalue weighted by molar-refractivity contribution is -0.130. The molecule has 4 heterocycles. The number of halogens is 2. The van der Waals surface area contributed by atoms with Gasteiger partial charge in [0.1, 0.15) is 11.5 Å². The quantitative estimate of drug-likeness (QED) is 0.229. The number of nitrogens with zero attached hydrogens (tertiary/aromatic N) is 2. The zero-order valence-corrected chi connectivity index (χ0v) is 20.2. The second-order valence-corrected chi connectivity index (χ2v) is 8.66.